The molecule has 0 unspecified atom stereocenters. The van der Waals surface area contributed by atoms with Gasteiger partial charge in [-0.1, -0.05) is 55.0 Å². The van der Waals surface area contributed by atoms with Gasteiger partial charge in [0.05, 0.1) is 0 Å². The lowest BCUT2D eigenvalue weighted by Crippen LogP contribution is -2.49. The van der Waals surface area contributed by atoms with Gasteiger partial charge in [-0.15, -0.1) is 0 Å². The number of aliphatic carboxylic acids is 1. The molecule has 0 aromatic heterocycles. The van der Waals surface area contributed by atoms with Crippen LogP contribution in [0, 0.1) is 5.92 Å². The first-order chi connectivity index (χ1) is 16.7. The summed E-state index contributed by atoms with van der Waals surface area (Å²) in [4.78, 5) is 36.4. The fourth-order valence-corrected chi connectivity index (χ4v) is 5.28. The van der Waals surface area contributed by atoms with Crippen LogP contribution in [0.25, 0.3) is 11.1 Å². The molecule has 2 aliphatic rings. The first-order valence-corrected chi connectivity index (χ1v) is 12.4. The Kier molecular flexibility index (Phi) is 7.43. The fourth-order valence-electron chi connectivity index (χ4n) is 5.28. The van der Waals surface area contributed by atoms with E-state index in [0.717, 1.165) is 19.3 Å². The molecule has 4 rings (SSSR count). The summed E-state index contributed by atoms with van der Waals surface area (Å²) >= 11 is 0. The zero-order valence-corrected chi connectivity index (χ0v) is 20.4. The number of hydrogen-bond donors (Lipinski definition) is 3. The Morgan fingerprint density at radius 2 is 1.63 bits per heavy atom. The maximum Gasteiger partial charge on any atom is 0.407 e. The van der Waals surface area contributed by atoms with Gasteiger partial charge in [0.2, 0.25) is 5.91 Å². The number of carbonyl (C=O) groups excluding carboxylic acids is 2. The van der Waals surface area contributed by atoms with Crippen LogP contribution in [0.5, 0.6) is 0 Å². The molecule has 0 aliphatic heterocycles. The highest BCUT2D eigenvalue weighted by Gasteiger charge is 2.32. The van der Waals surface area contributed by atoms with Crippen molar-refractivity contribution in [1.29, 1.82) is 0 Å². The van der Waals surface area contributed by atoms with E-state index < -0.39 is 17.6 Å². The summed E-state index contributed by atoms with van der Waals surface area (Å²) in [5.41, 5.74) is 4.11. The molecular formula is C28H34N2O5. The predicted octanol–water partition coefficient (Wildman–Crippen LogP) is 4.84. The lowest BCUT2D eigenvalue weighted by Gasteiger charge is -2.32. The first kappa shape index (κ1) is 24.8. The van der Waals surface area contributed by atoms with E-state index in [4.69, 9.17) is 9.84 Å². The number of carboxylic acids is 1. The zero-order valence-electron chi connectivity index (χ0n) is 20.4. The third kappa shape index (κ3) is 6.02. The van der Waals surface area contributed by atoms with Crippen molar-refractivity contribution >= 4 is 18.0 Å². The molecule has 2 aliphatic carbocycles. The number of nitrogens with one attached hydrogen (secondary N) is 2. The van der Waals surface area contributed by atoms with Crippen LogP contribution in [0.4, 0.5) is 4.79 Å². The van der Waals surface area contributed by atoms with Gasteiger partial charge in [0.15, 0.2) is 0 Å². The maximum absolute atomic E-state index is 12.8. The smallest absolute Gasteiger partial charge is 0.407 e. The Labute approximate surface area is 206 Å². The van der Waals surface area contributed by atoms with Gasteiger partial charge in [0.25, 0.3) is 0 Å². The van der Waals surface area contributed by atoms with Gasteiger partial charge < -0.3 is 20.5 Å². The number of hydrogen-bond acceptors (Lipinski definition) is 4. The summed E-state index contributed by atoms with van der Waals surface area (Å²) in [6, 6.07) is 16.3. The molecule has 2 aromatic rings. The standard InChI is InChI=1S/C28H34N2O5/c1-28(2,15-14-25(31)32)30-26(33)18-8-7-9-19(16-18)29-27(34)35-17-24-22-12-5-3-10-20(22)21-11-4-6-13-23(21)24/h3-6,10-13,18-19,24H,7-9,14-17H2,1-2H3,(H,29,34)(H,30,33)(H,31,32)/t18-,19-/m1/s1. The normalized spacial score (nSPS) is 19.4. The number of ether oxygens (including phenoxy) is 1. The van der Waals surface area contributed by atoms with E-state index in [1.165, 1.54) is 22.3 Å². The van der Waals surface area contributed by atoms with E-state index in [-0.39, 0.29) is 36.8 Å². The van der Waals surface area contributed by atoms with E-state index >= 15 is 0 Å². The number of rotatable bonds is 8. The molecule has 2 atom stereocenters. The largest absolute Gasteiger partial charge is 0.481 e. The molecule has 0 saturated heterocycles. The van der Waals surface area contributed by atoms with Crippen LogP contribution < -0.4 is 10.6 Å². The lowest BCUT2D eigenvalue weighted by atomic mass is 9.84. The third-order valence-electron chi connectivity index (χ3n) is 7.14. The molecule has 0 radical (unpaired) electrons. The lowest BCUT2D eigenvalue weighted by molar-refractivity contribution is -0.138. The minimum absolute atomic E-state index is 0.00388. The third-order valence-corrected chi connectivity index (χ3v) is 7.14. The molecule has 7 heteroatoms. The van der Waals surface area contributed by atoms with Crippen LogP contribution in [0.1, 0.15) is 69.4 Å². The molecule has 0 bridgehead atoms. The Balaban J connectivity index is 1.30. The molecule has 0 spiro atoms. The fraction of sp³-hybridized carbons (Fsp3) is 0.464. The van der Waals surface area contributed by atoms with Gasteiger partial charge in [0.1, 0.15) is 6.61 Å². The summed E-state index contributed by atoms with van der Waals surface area (Å²) in [5, 5.41) is 14.9. The predicted molar refractivity (Wildman–Crippen MR) is 133 cm³/mol. The Morgan fingerprint density at radius 1 is 1.00 bits per heavy atom. The van der Waals surface area contributed by atoms with E-state index in [0.29, 0.717) is 12.8 Å². The van der Waals surface area contributed by atoms with Gasteiger partial charge in [0, 0.05) is 29.8 Å². The van der Waals surface area contributed by atoms with Gasteiger partial charge in [-0.3, -0.25) is 9.59 Å². The molecule has 35 heavy (non-hydrogen) atoms. The summed E-state index contributed by atoms with van der Waals surface area (Å²) in [7, 11) is 0. The highest BCUT2D eigenvalue weighted by molar-refractivity contribution is 5.80. The minimum Gasteiger partial charge on any atom is -0.481 e. The molecule has 2 aromatic carbocycles. The van der Waals surface area contributed by atoms with E-state index in [1.807, 2.05) is 38.1 Å². The van der Waals surface area contributed by atoms with Crippen LogP contribution in [0.2, 0.25) is 0 Å². The van der Waals surface area contributed by atoms with Crippen molar-refractivity contribution in [3.8, 4) is 11.1 Å². The highest BCUT2D eigenvalue weighted by Crippen LogP contribution is 2.44. The van der Waals surface area contributed by atoms with Gasteiger partial charge >= 0.3 is 12.1 Å². The molecule has 3 N–H and O–H groups in total. The van der Waals surface area contributed by atoms with E-state index in [2.05, 4.69) is 34.9 Å². The van der Waals surface area contributed by atoms with Crippen molar-refractivity contribution in [3.63, 3.8) is 0 Å². The topological polar surface area (TPSA) is 105 Å². The Hall–Kier alpha value is -3.35. The molecule has 1 saturated carbocycles. The van der Waals surface area contributed by atoms with E-state index in [9.17, 15) is 14.4 Å². The van der Waals surface area contributed by atoms with Crippen molar-refractivity contribution in [2.75, 3.05) is 6.61 Å². The van der Waals surface area contributed by atoms with Crippen LogP contribution in [-0.4, -0.2) is 41.3 Å². The van der Waals surface area contributed by atoms with Crippen molar-refractivity contribution < 1.29 is 24.2 Å². The van der Waals surface area contributed by atoms with Crippen LogP contribution in [0.3, 0.4) is 0 Å². The minimum atomic E-state index is -0.877. The summed E-state index contributed by atoms with van der Waals surface area (Å²) in [6.45, 7) is 3.93. The summed E-state index contributed by atoms with van der Waals surface area (Å²) in [6.07, 6.45) is 2.85. The molecule has 7 nitrogen and oxygen atoms in total. The molecule has 1 fully saturated rings. The van der Waals surface area contributed by atoms with Gasteiger partial charge in [-0.2, -0.15) is 0 Å². The molecule has 2 amide bonds. The number of carbonyl (C=O) groups is 3. The first-order valence-electron chi connectivity index (χ1n) is 12.4. The average Bonchev–Trinajstić information content (AvgIpc) is 3.15. The number of amides is 2. The molecule has 186 valence electrons. The van der Waals surface area contributed by atoms with Crippen molar-refractivity contribution in [2.45, 2.75) is 69.9 Å². The monoisotopic (exact) mass is 478 g/mol. The highest BCUT2D eigenvalue weighted by atomic mass is 16.5. The quantitative estimate of drug-likeness (QED) is 0.503. The second kappa shape index (κ2) is 10.5. The van der Waals surface area contributed by atoms with Gasteiger partial charge in [-0.25, -0.2) is 4.79 Å². The number of fused-ring (bicyclic) bond motifs is 3. The number of carboxylic acid groups (broad SMARTS) is 1. The summed E-state index contributed by atoms with van der Waals surface area (Å²) in [5.74, 6) is -1.17. The zero-order chi connectivity index (χ0) is 25.0. The maximum atomic E-state index is 12.8. The van der Waals surface area contributed by atoms with Crippen LogP contribution in [0.15, 0.2) is 48.5 Å². The molecule has 0 heterocycles. The van der Waals surface area contributed by atoms with Crippen molar-refractivity contribution in [3.05, 3.63) is 59.7 Å². The summed E-state index contributed by atoms with van der Waals surface area (Å²) < 4.78 is 5.67. The second-order valence-corrected chi connectivity index (χ2v) is 10.3. The number of benzene rings is 2. The molecular weight excluding hydrogens is 444 g/mol. The average molecular weight is 479 g/mol. The van der Waals surface area contributed by atoms with E-state index in [1.54, 1.807) is 0 Å². The van der Waals surface area contributed by atoms with Crippen LogP contribution in [-0.2, 0) is 14.3 Å². The van der Waals surface area contributed by atoms with Crippen molar-refractivity contribution in [2.24, 2.45) is 5.92 Å². The van der Waals surface area contributed by atoms with Gasteiger partial charge in [-0.05, 0) is 61.8 Å². The Bertz CT molecular complexity index is 1050. The Morgan fingerprint density at radius 3 is 2.26 bits per heavy atom. The SMILES string of the molecule is CC(C)(CCC(=O)O)NC(=O)[C@@H]1CCC[C@@H](NC(=O)OCC2c3ccccc3-c3ccccc32)C1. The number of alkyl carbamates (subject to hydrolysis) is 1. The van der Waals surface area contributed by atoms with Crippen LogP contribution >= 0.6 is 0 Å². The van der Waals surface area contributed by atoms with Crippen molar-refractivity contribution in [1.82, 2.24) is 10.6 Å². The second-order valence-electron chi connectivity index (χ2n) is 10.3.